The summed E-state index contributed by atoms with van der Waals surface area (Å²) in [7, 11) is 0.137. The monoisotopic (exact) mass is 159 g/mol. The maximum absolute atomic E-state index is 3.62. The molecule has 1 atom stereocenters. The Morgan fingerprint density at radius 1 is 1.20 bits per heavy atom. The second kappa shape index (κ2) is 3.19. The molecular weight excluding hydrogens is 141 g/mol. The van der Waals surface area contributed by atoms with E-state index in [0.717, 1.165) is 0 Å². The fraction of sp³-hybridized carbons (Fsp3) is 1.00. The van der Waals surface area contributed by atoms with E-state index in [9.17, 15) is 0 Å². The van der Waals surface area contributed by atoms with Crippen LogP contribution in [0.25, 0.3) is 0 Å². The van der Waals surface area contributed by atoms with Gasteiger partial charge >= 0.3 is 0 Å². The van der Waals surface area contributed by atoms with Crippen molar-refractivity contribution in [1.29, 1.82) is 0 Å². The average molecular weight is 159 g/mol. The van der Waals surface area contributed by atoms with Crippen molar-refractivity contribution in [3.05, 3.63) is 0 Å². The van der Waals surface area contributed by atoms with Gasteiger partial charge in [-0.25, -0.2) is 0 Å². The molecule has 0 aromatic carbocycles. The Kier molecular flexibility index (Phi) is 2.71. The zero-order valence-electron chi connectivity index (χ0n) is 7.28. The largest absolute Gasteiger partial charge is 0.295 e. The standard InChI is InChI=1S/C8H18NP/c1-8(2,3)10-7-5-4-6-9-10/h9H,4-7H2,1-3H3. The lowest BCUT2D eigenvalue weighted by Gasteiger charge is -2.34. The molecule has 0 amide bonds. The topological polar surface area (TPSA) is 12.0 Å². The molecule has 0 aromatic heterocycles. The summed E-state index contributed by atoms with van der Waals surface area (Å²) in [6, 6.07) is 0. The van der Waals surface area contributed by atoms with E-state index in [1.807, 2.05) is 0 Å². The van der Waals surface area contributed by atoms with Crippen LogP contribution in [0.3, 0.4) is 0 Å². The van der Waals surface area contributed by atoms with Gasteiger partial charge in [-0.1, -0.05) is 20.8 Å². The maximum Gasteiger partial charge on any atom is -0.000966 e. The minimum atomic E-state index is 0.137. The Morgan fingerprint density at radius 3 is 2.20 bits per heavy atom. The van der Waals surface area contributed by atoms with Gasteiger partial charge in [0.1, 0.15) is 0 Å². The van der Waals surface area contributed by atoms with Gasteiger partial charge in [0.2, 0.25) is 0 Å². The molecule has 10 heavy (non-hydrogen) atoms. The number of hydrogen-bond acceptors (Lipinski definition) is 1. The highest BCUT2D eigenvalue weighted by atomic mass is 31.1. The zero-order valence-corrected chi connectivity index (χ0v) is 8.17. The van der Waals surface area contributed by atoms with Gasteiger partial charge in [0, 0.05) is 0 Å². The number of nitrogens with one attached hydrogen (secondary N) is 1. The lowest BCUT2D eigenvalue weighted by atomic mass is 10.3. The first kappa shape index (κ1) is 8.49. The van der Waals surface area contributed by atoms with Crippen molar-refractivity contribution < 1.29 is 0 Å². The Labute approximate surface area is 65.4 Å². The van der Waals surface area contributed by atoms with Crippen LogP contribution in [0.2, 0.25) is 0 Å². The molecule has 0 aliphatic carbocycles. The van der Waals surface area contributed by atoms with Gasteiger partial charge in [0.15, 0.2) is 0 Å². The van der Waals surface area contributed by atoms with Crippen LogP contribution in [-0.2, 0) is 0 Å². The van der Waals surface area contributed by atoms with Gasteiger partial charge in [0.25, 0.3) is 0 Å². The zero-order chi connectivity index (χ0) is 7.61. The summed E-state index contributed by atoms with van der Waals surface area (Å²) in [5.74, 6) is 0. The predicted molar refractivity (Wildman–Crippen MR) is 48.8 cm³/mol. The second-order valence-electron chi connectivity index (χ2n) is 3.94. The number of rotatable bonds is 0. The van der Waals surface area contributed by atoms with E-state index < -0.39 is 0 Å². The van der Waals surface area contributed by atoms with Crippen molar-refractivity contribution in [3.8, 4) is 0 Å². The van der Waals surface area contributed by atoms with Gasteiger partial charge in [-0.3, -0.25) is 5.09 Å². The van der Waals surface area contributed by atoms with Gasteiger partial charge in [-0.15, -0.1) is 0 Å². The molecule has 0 spiro atoms. The summed E-state index contributed by atoms with van der Waals surface area (Å²) in [4.78, 5) is 0. The number of hydrogen-bond donors (Lipinski definition) is 1. The smallest absolute Gasteiger partial charge is 0.000966 e. The van der Waals surface area contributed by atoms with Crippen LogP contribution >= 0.6 is 8.07 Å². The normalized spacial score (nSPS) is 28.5. The summed E-state index contributed by atoms with van der Waals surface area (Å²) >= 11 is 0. The molecule has 1 nitrogen and oxygen atoms in total. The summed E-state index contributed by atoms with van der Waals surface area (Å²) < 4.78 is 0. The highest BCUT2D eigenvalue weighted by molar-refractivity contribution is 7.57. The van der Waals surface area contributed by atoms with E-state index in [0.29, 0.717) is 5.16 Å². The van der Waals surface area contributed by atoms with Crippen molar-refractivity contribution in [2.45, 2.75) is 38.8 Å². The Morgan fingerprint density at radius 2 is 1.90 bits per heavy atom. The summed E-state index contributed by atoms with van der Waals surface area (Å²) in [6.07, 6.45) is 4.25. The first-order chi connectivity index (χ1) is 4.61. The summed E-state index contributed by atoms with van der Waals surface area (Å²) in [5.41, 5.74) is 0. The third-order valence-corrected chi connectivity index (χ3v) is 4.91. The van der Waals surface area contributed by atoms with E-state index in [4.69, 9.17) is 0 Å². The Bertz CT molecular complexity index is 100. The van der Waals surface area contributed by atoms with Gasteiger partial charge in [0.05, 0.1) is 0 Å². The van der Waals surface area contributed by atoms with Crippen molar-refractivity contribution >= 4 is 8.07 Å². The Hall–Kier alpha value is 0.390. The third-order valence-electron chi connectivity index (χ3n) is 1.92. The van der Waals surface area contributed by atoms with E-state index in [1.54, 1.807) is 0 Å². The molecule has 60 valence electrons. The van der Waals surface area contributed by atoms with Crippen LogP contribution in [0.4, 0.5) is 0 Å². The van der Waals surface area contributed by atoms with Crippen LogP contribution in [0, 0.1) is 0 Å². The van der Waals surface area contributed by atoms with E-state index in [1.165, 1.54) is 25.5 Å². The maximum atomic E-state index is 3.62. The Balaban J connectivity index is 2.39. The molecule has 1 fully saturated rings. The van der Waals surface area contributed by atoms with Crippen LogP contribution in [0.5, 0.6) is 0 Å². The molecule has 0 bridgehead atoms. The minimum Gasteiger partial charge on any atom is -0.295 e. The van der Waals surface area contributed by atoms with Crippen LogP contribution in [-0.4, -0.2) is 17.9 Å². The molecule has 2 heteroatoms. The van der Waals surface area contributed by atoms with Crippen LogP contribution in [0.1, 0.15) is 33.6 Å². The molecular formula is C8H18NP. The second-order valence-corrected chi connectivity index (χ2v) is 6.90. The first-order valence-corrected chi connectivity index (χ1v) is 5.64. The molecule has 1 heterocycles. The molecule has 1 saturated heterocycles. The average Bonchev–Trinajstić information content (AvgIpc) is 1.88. The first-order valence-electron chi connectivity index (χ1n) is 4.12. The lowest BCUT2D eigenvalue weighted by Crippen LogP contribution is -2.27. The molecule has 1 rings (SSSR count). The van der Waals surface area contributed by atoms with E-state index >= 15 is 0 Å². The SMILES string of the molecule is CC(C)(C)P1CCCCN1. The van der Waals surface area contributed by atoms with Crippen molar-refractivity contribution in [3.63, 3.8) is 0 Å². The van der Waals surface area contributed by atoms with Crippen LogP contribution in [0.15, 0.2) is 0 Å². The van der Waals surface area contributed by atoms with Crippen LogP contribution < -0.4 is 5.09 Å². The molecule has 0 saturated carbocycles. The predicted octanol–water partition coefficient (Wildman–Crippen LogP) is 2.57. The molecule has 1 aliphatic heterocycles. The van der Waals surface area contributed by atoms with Crippen molar-refractivity contribution in [1.82, 2.24) is 5.09 Å². The molecule has 1 unspecified atom stereocenters. The van der Waals surface area contributed by atoms with Crippen molar-refractivity contribution in [2.75, 3.05) is 12.7 Å². The lowest BCUT2D eigenvalue weighted by molar-refractivity contribution is 0.687. The highest BCUT2D eigenvalue weighted by Crippen LogP contribution is 2.47. The molecule has 1 N–H and O–H groups in total. The summed E-state index contributed by atoms with van der Waals surface area (Å²) in [6.45, 7) is 8.29. The van der Waals surface area contributed by atoms with E-state index in [2.05, 4.69) is 25.9 Å². The quantitative estimate of drug-likeness (QED) is 0.536. The molecule has 1 aliphatic rings. The summed E-state index contributed by atoms with van der Waals surface area (Å²) in [5, 5.41) is 4.15. The molecule has 0 aromatic rings. The molecule has 0 radical (unpaired) electrons. The van der Waals surface area contributed by atoms with Crippen molar-refractivity contribution in [2.24, 2.45) is 0 Å². The van der Waals surface area contributed by atoms with E-state index in [-0.39, 0.29) is 8.07 Å². The minimum absolute atomic E-state index is 0.137. The third kappa shape index (κ3) is 2.21. The van der Waals surface area contributed by atoms with Gasteiger partial charge < -0.3 is 0 Å². The highest BCUT2D eigenvalue weighted by Gasteiger charge is 2.24. The fourth-order valence-electron chi connectivity index (χ4n) is 1.26. The fourth-order valence-corrected chi connectivity index (χ4v) is 3.53. The van der Waals surface area contributed by atoms with Gasteiger partial charge in [-0.05, 0) is 38.8 Å². The van der Waals surface area contributed by atoms with Gasteiger partial charge in [-0.2, -0.15) is 0 Å².